The lowest BCUT2D eigenvalue weighted by molar-refractivity contribution is 0.314. The summed E-state index contributed by atoms with van der Waals surface area (Å²) in [5.41, 5.74) is 8.17. The van der Waals surface area contributed by atoms with Crippen molar-refractivity contribution in [3.63, 3.8) is 0 Å². The number of oxime groups is 1. The molecule has 1 fully saturated rings. The predicted molar refractivity (Wildman–Crippen MR) is 69.3 cm³/mol. The van der Waals surface area contributed by atoms with Crippen molar-refractivity contribution in [1.82, 2.24) is 15.1 Å². The Morgan fingerprint density at radius 1 is 1.67 bits per heavy atom. The average molecular weight is 251 g/mol. The Labute approximate surface area is 107 Å². The lowest BCUT2D eigenvalue weighted by atomic mass is 10.0. The van der Waals surface area contributed by atoms with Crippen LogP contribution in [-0.2, 0) is 13.6 Å². The Bertz CT molecular complexity index is 447. The van der Waals surface area contributed by atoms with E-state index in [1.165, 1.54) is 11.3 Å². The van der Waals surface area contributed by atoms with E-state index < -0.39 is 0 Å². The van der Waals surface area contributed by atoms with Gasteiger partial charge in [0, 0.05) is 37.8 Å². The maximum Gasteiger partial charge on any atom is 0.139 e. The van der Waals surface area contributed by atoms with Crippen molar-refractivity contribution in [3.8, 4) is 0 Å². The maximum atomic E-state index is 8.60. The Kier molecular flexibility index (Phi) is 3.56. The summed E-state index contributed by atoms with van der Waals surface area (Å²) in [6.07, 6.45) is 4.85. The summed E-state index contributed by atoms with van der Waals surface area (Å²) < 4.78 is 1.88. The number of amidine groups is 1. The van der Waals surface area contributed by atoms with Gasteiger partial charge in [-0.15, -0.1) is 0 Å². The third-order valence-electron chi connectivity index (χ3n) is 3.79. The van der Waals surface area contributed by atoms with Gasteiger partial charge in [-0.1, -0.05) is 5.16 Å². The summed E-state index contributed by atoms with van der Waals surface area (Å²) in [6.45, 7) is 3.78. The van der Waals surface area contributed by atoms with Gasteiger partial charge in [0.05, 0.1) is 6.20 Å². The summed E-state index contributed by atoms with van der Waals surface area (Å²) in [6, 6.07) is 0. The average Bonchev–Trinajstić information content (AvgIpc) is 3.04. The van der Waals surface area contributed by atoms with E-state index in [1.54, 1.807) is 0 Å². The zero-order valence-corrected chi connectivity index (χ0v) is 11.0. The molecule has 2 rings (SSSR count). The van der Waals surface area contributed by atoms with Gasteiger partial charge < -0.3 is 16.3 Å². The van der Waals surface area contributed by atoms with E-state index >= 15 is 0 Å². The fourth-order valence-corrected chi connectivity index (χ4v) is 2.19. The molecular weight excluding hydrogens is 230 g/mol. The summed E-state index contributed by atoms with van der Waals surface area (Å²) in [4.78, 5) is 0. The molecule has 1 heterocycles. The van der Waals surface area contributed by atoms with E-state index in [0.717, 1.165) is 25.9 Å². The van der Waals surface area contributed by atoms with Gasteiger partial charge in [0.1, 0.15) is 5.84 Å². The standard InChI is InChI=1S/C12H21N5O/c1-9-10(7-15-17(9)2)6-14-8-12(3-4-12)5-11(13)16-18/h7,14,18H,3-6,8H2,1-2H3,(H2,13,16). The normalized spacial score (nSPS) is 18.0. The number of aryl methyl sites for hydroxylation is 1. The topological polar surface area (TPSA) is 88.5 Å². The van der Waals surface area contributed by atoms with Crippen molar-refractivity contribution < 1.29 is 5.21 Å². The number of rotatable bonds is 6. The SMILES string of the molecule is Cc1c(CNCC2(CC(N)=NO)CC2)cnn1C. The molecule has 1 aromatic rings. The first-order valence-corrected chi connectivity index (χ1v) is 6.21. The zero-order valence-electron chi connectivity index (χ0n) is 11.0. The summed E-state index contributed by atoms with van der Waals surface area (Å²) in [5, 5.41) is 19.3. The van der Waals surface area contributed by atoms with E-state index in [1.807, 2.05) is 17.9 Å². The van der Waals surface area contributed by atoms with E-state index in [9.17, 15) is 0 Å². The van der Waals surface area contributed by atoms with Crippen LogP contribution in [0.3, 0.4) is 0 Å². The minimum Gasteiger partial charge on any atom is -0.409 e. The number of aromatic nitrogens is 2. The number of hydrogen-bond acceptors (Lipinski definition) is 4. The first-order valence-electron chi connectivity index (χ1n) is 6.21. The molecule has 0 radical (unpaired) electrons. The largest absolute Gasteiger partial charge is 0.409 e. The van der Waals surface area contributed by atoms with Gasteiger partial charge in [-0.2, -0.15) is 5.10 Å². The minimum atomic E-state index is 0.201. The minimum absolute atomic E-state index is 0.201. The highest BCUT2D eigenvalue weighted by atomic mass is 16.4. The smallest absolute Gasteiger partial charge is 0.139 e. The van der Waals surface area contributed by atoms with Crippen LogP contribution in [0, 0.1) is 12.3 Å². The molecule has 6 nitrogen and oxygen atoms in total. The van der Waals surface area contributed by atoms with E-state index in [-0.39, 0.29) is 5.41 Å². The molecule has 100 valence electrons. The molecule has 0 aliphatic heterocycles. The van der Waals surface area contributed by atoms with Gasteiger partial charge in [0.25, 0.3) is 0 Å². The van der Waals surface area contributed by atoms with Crippen LogP contribution < -0.4 is 11.1 Å². The second-order valence-corrected chi connectivity index (χ2v) is 5.25. The molecule has 0 saturated heterocycles. The van der Waals surface area contributed by atoms with Gasteiger partial charge >= 0.3 is 0 Å². The molecule has 1 saturated carbocycles. The van der Waals surface area contributed by atoms with Crippen LogP contribution in [-0.4, -0.2) is 27.4 Å². The summed E-state index contributed by atoms with van der Waals surface area (Å²) in [5.74, 6) is 0.326. The number of nitrogens with zero attached hydrogens (tertiary/aromatic N) is 3. The van der Waals surface area contributed by atoms with Crippen LogP contribution in [0.2, 0.25) is 0 Å². The molecule has 1 aliphatic carbocycles. The van der Waals surface area contributed by atoms with Crippen LogP contribution in [0.5, 0.6) is 0 Å². The van der Waals surface area contributed by atoms with Gasteiger partial charge in [-0.3, -0.25) is 4.68 Å². The fraction of sp³-hybridized carbons (Fsp3) is 0.667. The molecule has 0 amide bonds. The highest BCUT2D eigenvalue weighted by Crippen LogP contribution is 2.48. The van der Waals surface area contributed by atoms with E-state index in [2.05, 4.69) is 22.5 Å². The Morgan fingerprint density at radius 3 is 2.89 bits per heavy atom. The molecule has 1 aliphatic rings. The van der Waals surface area contributed by atoms with Crippen LogP contribution in [0.25, 0.3) is 0 Å². The monoisotopic (exact) mass is 251 g/mol. The molecule has 6 heteroatoms. The van der Waals surface area contributed by atoms with Crippen molar-refractivity contribution in [1.29, 1.82) is 0 Å². The van der Waals surface area contributed by atoms with E-state index in [0.29, 0.717) is 12.3 Å². The molecule has 4 N–H and O–H groups in total. The molecule has 0 unspecified atom stereocenters. The summed E-state index contributed by atoms with van der Waals surface area (Å²) in [7, 11) is 1.94. The number of nitrogens with two attached hydrogens (primary N) is 1. The van der Waals surface area contributed by atoms with Crippen LogP contribution in [0.1, 0.15) is 30.5 Å². The lowest BCUT2D eigenvalue weighted by Gasteiger charge is -2.14. The second-order valence-electron chi connectivity index (χ2n) is 5.25. The molecule has 0 spiro atoms. The van der Waals surface area contributed by atoms with Crippen molar-refractivity contribution in [3.05, 3.63) is 17.5 Å². The van der Waals surface area contributed by atoms with Crippen molar-refractivity contribution >= 4 is 5.84 Å². The highest BCUT2D eigenvalue weighted by molar-refractivity contribution is 5.80. The Balaban J connectivity index is 1.81. The molecule has 18 heavy (non-hydrogen) atoms. The van der Waals surface area contributed by atoms with Crippen LogP contribution >= 0.6 is 0 Å². The Hall–Kier alpha value is -1.56. The summed E-state index contributed by atoms with van der Waals surface area (Å²) >= 11 is 0. The molecule has 0 atom stereocenters. The second kappa shape index (κ2) is 4.97. The van der Waals surface area contributed by atoms with Gasteiger partial charge in [0.15, 0.2) is 0 Å². The molecule has 0 aromatic carbocycles. The fourth-order valence-electron chi connectivity index (χ4n) is 2.19. The molecule has 1 aromatic heterocycles. The zero-order chi connectivity index (χ0) is 13.2. The first kappa shape index (κ1) is 12.9. The van der Waals surface area contributed by atoms with Crippen molar-refractivity contribution in [2.24, 2.45) is 23.4 Å². The molecular formula is C12H21N5O. The maximum absolute atomic E-state index is 8.60. The third kappa shape index (κ3) is 2.81. The van der Waals surface area contributed by atoms with Crippen molar-refractivity contribution in [2.75, 3.05) is 6.54 Å². The Morgan fingerprint density at radius 2 is 2.39 bits per heavy atom. The third-order valence-corrected chi connectivity index (χ3v) is 3.79. The number of hydrogen-bond donors (Lipinski definition) is 3. The first-order chi connectivity index (χ1) is 8.56. The van der Waals surface area contributed by atoms with E-state index in [4.69, 9.17) is 10.9 Å². The van der Waals surface area contributed by atoms with Gasteiger partial charge in [-0.05, 0) is 25.2 Å². The van der Waals surface area contributed by atoms with Gasteiger partial charge in [0.2, 0.25) is 0 Å². The highest BCUT2D eigenvalue weighted by Gasteiger charge is 2.42. The predicted octanol–water partition coefficient (Wildman–Crippen LogP) is 0.735. The van der Waals surface area contributed by atoms with Crippen molar-refractivity contribution in [2.45, 2.75) is 32.7 Å². The lowest BCUT2D eigenvalue weighted by Crippen LogP contribution is -2.28. The quantitative estimate of drug-likeness (QED) is 0.301. The number of nitrogens with one attached hydrogen (secondary N) is 1. The molecule has 0 bridgehead atoms. The van der Waals surface area contributed by atoms with Gasteiger partial charge in [-0.25, -0.2) is 0 Å². The van der Waals surface area contributed by atoms with Crippen LogP contribution in [0.15, 0.2) is 11.4 Å². The van der Waals surface area contributed by atoms with Crippen LogP contribution in [0.4, 0.5) is 0 Å².